The summed E-state index contributed by atoms with van der Waals surface area (Å²) in [7, 11) is 0.618. The highest BCUT2D eigenvalue weighted by Gasteiger charge is 2.31. The molecule has 4 rings (SSSR count). The van der Waals surface area contributed by atoms with Gasteiger partial charge in [0.2, 0.25) is 10.0 Å². The number of anilines is 1. The van der Waals surface area contributed by atoms with E-state index >= 15 is 0 Å². The molecule has 10 heteroatoms. The fourth-order valence-corrected chi connectivity index (χ4v) is 5.16. The number of nitrogens with one attached hydrogen (secondary N) is 1. The number of hydrogen-bond acceptors (Lipinski definition) is 7. The number of likely N-dealkylation sites (N-methyl/N-ethyl adjacent to an activating group) is 1. The molecule has 0 bridgehead atoms. The van der Waals surface area contributed by atoms with E-state index in [0.29, 0.717) is 24.5 Å². The molecule has 1 atom stereocenters. The summed E-state index contributed by atoms with van der Waals surface area (Å²) in [5.74, 6) is 1.82. The van der Waals surface area contributed by atoms with E-state index in [9.17, 15) is 8.42 Å². The van der Waals surface area contributed by atoms with Crippen molar-refractivity contribution in [3.8, 4) is 11.5 Å². The Hall–Kier alpha value is -2.62. The number of amidine groups is 1. The third kappa shape index (κ3) is 4.74. The summed E-state index contributed by atoms with van der Waals surface area (Å²) < 4.78 is 32.8. The van der Waals surface area contributed by atoms with Gasteiger partial charge in [-0.15, -0.1) is 0 Å². The van der Waals surface area contributed by atoms with Crippen molar-refractivity contribution in [1.82, 2.24) is 9.80 Å². The Balaban J connectivity index is 1.58. The maximum absolute atomic E-state index is 12.1. The smallest absolute Gasteiger partial charge is 0.232 e. The minimum absolute atomic E-state index is 0.0210. The summed E-state index contributed by atoms with van der Waals surface area (Å²) >= 11 is 6.45. The van der Waals surface area contributed by atoms with E-state index in [-0.39, 0.29) is 22.5 Å². The molecule has 0 aliphatic carbocycles. The second kappa shape index (κ2) is 9.09. The van der Waals surface area contributed by atoms with Gasteiger partial charge in [-0.2, -0.15) is 0 Å². The highest BCUT2D eigenvalue weighted by molar-refractivity contribution is 7.92. The van der Waals surface area contributed by atoms with Gasteiger partial charge < -0.3 is 14.5 Å². The van der Waals surface area contributed by atoms with Crippen molar-refractivity contribution in [1.29, 1.82) is 0 Å². The topological polar surface area (TPSA) is 86.6 Å². The van der Waals surface area contributed by atoms with E-state index < -0.39 is 10.0 Å². The lowest BCUT2D eigenvalue weighted by molar-refractivity contribution is 0.323. The van der Waals surface area contributed by atoms with Crippen molar-refractivity contribution in [2.45, 2.75) is 19.4 Å². The van der Waals surface area contributed by atoms with Gasteiger partial charge in [-0.05, 0) is 50.8 Å². The molecule has 8 nitrogen and oxygen atoms in total. The molecule has 2 heterocycles. The molecule has 2 aliphatic heterocycles. The number of benzene rings is 2. The first kappa shape index (κ1) is 22.6. The fourth-order valence-electron chi connectivity index (χ4n) is 3.75. The Morgan fingerprint density at radius 2 is 2.09 bits per heavy atom. The zero-order valence-electron chi connectivity index (χ0n) is 18.2. The number of hydrogen-bond donors (Lipinski definition) is 1. The van der Waals surface area contributed by atoms with E-state index in [1.54, 1.807) is 25.1 Å². The third-order valence-corrected chi connectivity index (χ3v) is 6.99. The largest absolute Gasteiger partial charge is 0.456 e. The molecule has 2 aromatic carbocycles. The van der Waals surface area contributed by atoms with Crippen LogP contribution in [0.4, 0.5) is 11.4 Å². The molecule has 170 valence electrons. The lowest BCUT2D eigenvalue weighted by Gasteiger charge is -2.28. The average molecular weight is 476 g/mol. The predicted molar refractivity (Wildman–Crippen MR) is 129 cm³/mol. The van der Waals surface area contributed by atoms with E-state index in [0.717, 1.165) is 23.6 Å². The number of nitrogens with zero attached hydrogens (tertiary/aromatic N) is 4. The number of fused-ring (bicyclic) bond motifs is 3. The third-order valence-electron chi connectivity index (χ3n) is 5.13. The van der Waals surface area contributed by atoms with Crippen LogP contribution in [0.15, 0.2) is 46.4 Å². The molecule has 0 radical (unpaired) electrons. The van der Waals surface area contributed by atoms with Gasteiger partial charge in [-0.25, -0.2) is 13.4 Å². The van der Waals surface area contributed by atoms with Crippen molar-refractivity contribution < 1.29 is 13.2 Å². The molecule has 2 aromatic rings. The molecule has 0 amide bonds. The van der Waals surface area contributed by atoms with Crippen molar-refractivity contribution in [2.75, 3.05) is 37.7 Å². The van der Waals surface area contributed by atoms with Gasteiger partial charge in [0.1, 0.15) is 22.4 Å². The van der Waals surface area contributed by atoms with E-state index in [4.69, 9.17) is 21.3 Å². The Labute approximate surface area is 193 Å². The first-order valence-electron chi connectivity index (χ1n) is 10.4. The molecular weight excluding hydrogens is 450 g/mol. The highest BCUT2D eigenvalue weighted by Crippen LogP contribution is 2.38. The van der Waals surface area contributed by atoms with Gasteiger partial charge in [0.15, 0.2) is 0 Å². The minimum atomic E-state index is -3.46. The summed E-state index contributed by atoms with van der Waals surface area (Å²) in [5, 5.41) is 0.203. The lowest BCUT2D eigenvalue weighted by atomic mass is 10.1. The van der Waals surface area contributed by atoms with Crippen molar-refractivity contribution in [3.63, 3.8) is 0 Å². The highest BCUT2D eigenvalue weighted by atomic mass is 35.5. The predicted octanol–water partition coefficient (Wildman–Crippen LogP) is 3.95. The van der Waals surface area contributed by atoms with Crippen LogP contribution in [0.1, 0.15) is 18.9 Å². The Morgan fingerprint density at radius 3 is 2.84 bits per heavy atom. The van der Waals surface area contributed by atoms with Crippen LogP contribution in [0.2, 0.25) is 5.02 Å². The van der Waals surface area contributed by atoms with Gasteiger partial charge >= 0.3 is 0 Å². The second-order valence-corrected chi connectivity index (χ2v) is 10.3. The lowest BCUT2D eigenvalue weighted by Crippen LogP contribution is -2.43. The summed E-state index contributed by atoms with van der Waals surface area (Å²) in [5.41, 5.74) is 2.00. The van der Waals surface area contributed by atoms with Crippen molar-refractivity contribution >= 4 is 45.2 Å². The first-order valence-corrected chi connectivity index (χ1v) is 12.4. The monoisotopic (exact) mass is 475 g/mol. The minimum Gasteiger partial charge on any atom is -0.456 e. The van der Waals surface area contributed by atoms with Crippen molar-refractivity contribution in [2.24, 2.45) is 9.98 Å². The van der Waals surface area contributed by atoms with Gasteiger partial charge in [-0.1, -0.05) is 24.6 Å². The van der Waals surface area contributed by atoms with Crippen LogP contribution in [-0.4, -0.2) is 69.4 Å². The number of ether oxygens (including phenoxy) is 1. The van der Waals surface area contributed by atoms with Gasteiger partial charge in [0.25, 0.3) is 0 Å². The Bertz CT molecular complexity index is 1180. The van der Waals surface area contributed by atoms with Crippen LogP contribution >= 0.6 is 11.6 Å². The summed E-state index contributed by atoms with van der Waals surface area (Å²) in [6, 6.07) is 10.8. The van der Waals surface area contributed by atoms with E-state index in [1.807, 2.05) is 38.6 Å². The van der Waals surface area contributed by atoms with E-state index in [1.165, 1.54) is 0 Å². The van der Waals surface area contributed by atoms with Crippen LogP contribution in [-0.2, 0) is 10.0 Å². The van der Waals surface area contributed by atoms with Gasteiger partial charge in [0.05, 0.1) is 36.1 Å². The Morgan fingerprint density at radius 1 is 1.28 bits per heavy atom. The maximum Gasteiger partial charge on any atom is 0.232 e. The Kier molecular flexibility index (Phi) is 6.41. The van der Waals surface area contributed by atoms with Crippen LogP contribution in [0, 0.1) is 0 Å². The molecule has 32 heavy (non-hydrogen) atoms. The summed E-state index contributed by atoms with van der Waals surface area (Å²) in [6.07, 6.45) is 2.35. The quantitative estimate of drug-likeness (QED) is 0.624. The average Bonchev–Trinajstić information content (AvgIpc) is 3.13. The number of aliphatic imine (C=N–C) groups is 2. The van der Waals surface area contributed by atoms with Crippen LogP contribution in [0.25, 0.3) is 0 Å². The van der Waals surface area contributed by atoms with Crippen molar-refractivity contribution in [3.05, 3.63) is 47.0 Å². The molecule has 2 aliphatic rings. The summed E-state index contributed by atoms with van der Waals surface area (Å²) in [4.78, 5) is 13.5. The van der Waals surface area contributed by atoms with Crippen LogP contribution in [0.3, 0.4) is 0 Å². The normalized spacial score (nSPS) is 17.2. The zero-order valence-corrected chi connectivity index (χ0v) is 19.8. The zero-order chi connectivity index (χ0) is 22.9. The number of rotatable bonds is 8. The molecule has 0 spiro atoms. The molecule has 0 aromatic heterocycles. The molecular formula is C22H26ClN5O3S. The fraction of sp³-hybridized carbons (Fsp3) is 0.364. The van der Waals surface area contributed by atoms with E-state index in [2.05, 4.69) is 19.5 Å². The van der Waals surface area contributed by atoms with Crippen LogP contribution in [0.5, 0.6) is 11.5 Å². The molecule has 0 saturated carbocycles. The maximum atomic E-state index is 12.1. The SMILES string of the molecule is CCCS(=O)(=O)Nc1cccc(Oc2ccc3c(c2)C2=NCC(CN(C)C)N2C=N3)c1Cl. The molecule has 1 N–H and O–H groups in total. The van der Waals surface area contributed by atoms with Gasteiger partial charge in [-0.3, -0.25) is 9.71 Å². The first-order chi connectivity index (χ1) is 15.3. The number of halogens is 1. The van der Waals surface area contributed by atoms with Crippen LogP contribution < -0.4 is 9.46 Å². The van der Waals surface area contributed by atoms with Gasteiger partial charge in [0, 0.05) is 12.1 Å². The molecule has 0 fully saturated rings. The number of sulfonamides is 1. The standard InChI is InChI=1S/C22H26ClN5O3S/c1-4-10-32(29,30)26-19-6-5-7-20(21(19)23)31-16-8-9-18-17(11-16)22-24-12-15(13-27(2)3)28(22)14-25-18/h5-9,11,14-15,26H,4,10,12-13H2,1-3H3. The molecule has 1 unspecified atom stereocenters. The second-order valence-electron chi connectivity index (χ2n) is 8.05. The summed E-state index contributed by atoms with van der Waals surface area (Å²) in [6.45, 7) is 3.38. The molecule has 0 saturated heterocycles.